The lowest BCUT2D eigenvalue weighted by atomic mass is 9.92. The molecule has 4 heteroatoms. The van der Waals surface area contributed by atoms with Crippen LogP contribution in [-0.4, -0.2) is 12.2 Å². The van der Waals surface area contributed by atoms with E-state index in [2.05, 4.69) is 9.98 Å². The molecule has 4 nitrogen and oxygen atoms in total. The van der Waals surface area contributed by atoms with Crippen LogP contribution in [0.15, 0.2) is 9.98 Å². The first-order chi connectivity index (χ1) is 8.04. The molecule has 88 valence electrons. The molecule has 0 saturated carbocycles. The molecule has 0 radical (unpaired) electrons. The zero-order valence-corrected chi connectivity index (χ0v) is 10.4. The monoisotopic (exact) mass is 230 g/mol. The van der Waals surface area contributed by atoms with Gasteiger partial charge in [-0.25, -0.2) is 14.6 Å². The van der Waals surface area contributed by atoms with Crippen molar-refractivity contribution in [3.8, 4) is 0 Å². The lowest BCUT2D eigenvalue weighted by Crippen LogP contribution is -1.99. The second-order valence-corrected chi connectivity index (χ2v) is 3.94. The van der Waals surface area contributed by atoms with Gasteiger partial charge in [0.15, 0.2) is 0 Å². The van der Waals surface area contributed by atoms with E-state index in [1.165, 1.54) is 6.08 Å². The summed E-state index contributed by atoms with van der Waals surface area (Å²) >= 11 is 0. The van der Waals surface area contributed by atoms with Gasteiger partial charge in [-0.1, -0.05) is 0 Å². The summed E-state index contributed by atoms with van der Waals surface area (Å²) in [6, 6.07) is 0. The van der Waals surface area contributed by atoms with Gasteiger partial charge in [0.1, 0.15) is 0 Å². The Balaban J connectivity index is 3.63. The molecule has 0 bridgehead atoms. The van der Waals surface area contributed by atoms with Crippen LogP contribution in [0.2, 0.25) is 0 Å². The number of hydrogen-bond acceptors (Lipinski definition) is 4. The standard InChI is InChI=1S/C13H14N2O2/c1-8-9(2)11(4)13(15-7-17)12(10(8)3)5-14-6-16/h5H2,1-4H3. The SMILES string of the molecule is Cc1c(C)c(C)c(N=C=O)c(CN=C=O)c1C. The Morgan fingerprint density at radius 2 is 1.47 bits per heavy atom. The third kappa shape index (κ3) is 2.39. The van der Waals surface area contributed by atoms with Crippen molar-refractivity contribution in [3.05, 3.63) is 27.8 Å². The lowest BCUT2D eigenvalue weighted by molar-refractivity contribution is 0.562. The number of benzene rings is 1. The van der Waals surface area contributed by atoms with Crippen molar-refractivity contribution in [2.75, 3.05) is 0 Å². The largest absolute Gasteiger partial charge is 0.240 e. The van der Waals surface area contributed by atoms with E-state index < -0.39 is 0 Å². The van der Waals surface area contributed by atoms with E-state index in [4.69, 9.17) is 0 Å². The normalized spacial score (nSPS) is 9.41. The lowest BCUT2D eigenvalue weighted by Gasteiger charge is -2.15. The average Bonchev–Trinajstić information content (AvgIpc) is 2.33. The van der Waals surface area contributed by atoms with E-state index in [9.17, 15) is 9.59 Å². The fraction of sp³-hybridized carbons (Fsp3) is 0.385. The molecule has 1 rings (SSSR count). The van der Waals surface area contributed by atoms with Crippen LogP contribution in [0.25, 0.3) is 0 Å². The van der Waals surface area contributed by atoms with Gasteiger partial charge >= 0.3 is 0 Å². The number of aliphatic imine (C=N–C) groups is 2. The molecule has 0 spiro atoms. The van der Waals surface area contributed by atoms with Crippen molar-refractivity contribution in [2.45, 2.75) is 34.2 Å². The van der Waals surface area contributed by atoms with Crippen molar-refractivity contribution in [1.82, 2.24) is 0 Å². The predicted octanol–water partition coefficient (Wildman–Crippen LogP) is 2.72. The highest BCUT2D eigenvalue weighted by Gasteiger charge is 2.14. The smallest absolute Gasteiger partial charge is 0.211 e. The zero-order chi connectivity index (χ0) is 13.0. The van der Waals surface area contributed by atoms with Crippen LogP contribution in [0.3, 0.4) is 0 Å². The summed E-state index contributed by atoms with van der Waals surface area (Å²) in [6.07, 6.45) is 3.05. The summed E-state index contributed by atoms with van der Waals surface area (Å²) in [4.78, 5) is 27.9. The summed E-state index contributed by atoms with van der Waals surface area (Å²) in [7, 11) is 0. The van der Waals surface area contributed by atoms with Crippen LogP contribution < -0.4 is 0 Å². The maximum atomic E-state index is 10.5. The number of hydrogen-bond donors (Lipinski definition) is 0. The average molecular weight is 230 g/mol. The van der Waals surface area contributed by atoms with Gasteiger partial charge in [-0.05, 0) is 49.9 Å². The van der Waals surface area contributed by atoms with E-state index in [-0.39, 0.29) is 6.54 Å². The molecule has 0 amide bonds. The van der Waals surface area contributed by atoms with Crippen LogP contribution in [0.1, 0.15) is 27.8 Å². The predicted molar refractivity (Wildman–Crippen MR) is 65.0 cm³/mol. The van der Waals surface area contributed by atoms with Crippen LogP contribution in [0.4, 0.5) is 5.69 Å². The molecule has 0 aliphatic rings. The second-order valence-electron chi connectivity index (χ2n) is 3.94. The van der Waals surface area contributed by atoms with Gasteiger partial charge in [0.2, 0.25) is 12.2 Å². The van der Waals surface area contributed by atoms with E-state index in [0.29, 0.717) is 5.69 Å². The van der Waals surface area contributed by atoms with Crippen molar-refractivity contribution in [2.24, 2.45) is 9.98 Å². The second kappa shape index (κ2) is 5.35. The minimum Gasteiger partial charge on any atom is -0.211 e. The van der Waals surface area contributed by atoms with Gasteiger partial charge in [0.25, 0.3) is 0 Å². The minimum atomic E-state index is 0.192. The third-order valence-electron chi connectivity index (χ3n) is 3.24. The van der Waals surface area contributed by atoms with Crippen molar-refractivity contribution >= 4 is 17.8 Å². The topological polar surface area (TPSA) is 58.9 Å². The van der Waals surface area contributed by atoms with E-state index in [1.807, 2.05) is 27.7 Å². The molecule has 17 heavy (non-hydrogen) atoms. The maximum absolute atomic E-state index is 10.5. The van der Waals surface area contributed by atoms with Crippen LogP contribution >= 0.6 is 0 Å². The molecule has 0 saturated heterocycles. The van der Waals surface area contributed by atoms with Crippen molar-refractivity contribution in [3.63, 3.8) is 0 Å². The molecule has 0 fully saturated rings. The molecule has 0 N–H and O–H groups in total. The number of rotatable bonds is 3. The Morgan fingerprint density at radius 3 is 2.00 bits per heavy atom. The maximum Gasteiger partial charge on any atom is 0.240 e. The highest BCUT2D eigenvalue weighted by atomic mass is 16.1. The summed E-state index contributed by atoms with van der Waals surface area (Å²) < 4.78 is 0. The first kappa shape index (κ1) is 13.0. The summed E-state index contributed by atoms with van der Waals surface area (Å²) in [6.45, 7) is 8.00. The van der Waals surface area contributed by atoms with Gasteiger partial charge in [0.05, 0.1) is 12.2 Å². The van der Waals surface area contributed by atoms with Gasteiger partial charge in [-0.3, -0.25) is 0 Å². The fourth-order valence-corrected chi connectivity index (χ4v) is 1.87. The number of carbonyl (C=O) groups excluding carboxylic acids is 2. The quantitative estimate of drug-likeness (QED) is 0.592. The Bertz CT molecular complexity index is 549. The van der Waals surface area contributed by atoms with Crippen LogP contribution in [0.5, 0.6) is 0 Å². The molecule has 0 aliphatic heterocycles. The fourth-order valence-electron chi connectivity index (χ4n) is 1.87. The first-order valence-electron chi connectivity index (χ1n) is 5.25. The molecular weight excluding hydrogens is 216 g/mol. The molecule has 0 aliphatic carbocycles. The molecule has 0 aromatic heterocycles. The third-order valence-corrected chi connectivity index (χ3v) is 3.24. The van der Waals surface area contributed by atoms with Crippen LogP contribution in [-0.2, 0) is 16.1 Å². The first-order valence-corrected chi connectivity index (χ1v) is 5.25. The van der Waals surface area contributed by atoms with Gasteiger partial charge in [0, 0.05) is 5.56 Å². The molecular formula is C13H14N2O2. The molecule has 0 atom stereocenters. The van der Waals surface area contributed by atoms with E-state index in [0.717, 1.165) is 27.8 Å². The molecule has 1 aromatic carbocycles. The minimum absolute atomic E-state index is 0.192. The van der Waals surface area contributed by atoms with Crippen molar-refractivity contribution < 1.29 is 9.59 Å². The zero-order valence-electron chi connectivity index (χ0n) is 10.4. The highest BCUT2D eigenvalue weighted by molar-refractivity contribution is 5.65. The molecule has 1 aromatic rings. The van der Waals surface area contributed by atoms with Gasteiger partial charge < -0.3 is 0 Å². The van der Waals surface area contributed by atoms with Gasteiger partial charge in [-0.2, -0.15) is 4.99 Å². The van der Waals surface area contributed by atoms with Crippen molar-refractivity contribution in [1.29, 1.82) is 0 Å². The molecule has 0 unspecified atom stereocenters. The summed E-state index contributed by atoms with van der Waals surface area (Å²) in [5.74, 6) is 0. The van der Waals surface area contributed by atoms with Gasteiger partial charge in [-0.15, -0.1) is 0 Å². The Kier molecular flexibility index (Phi) is 4.11. The van der Waals surface area contributed by atoms with Crippen LogP contribution in [0, 0.1) is 27.7 Å². The molecule has 0 heterocycles. The van der Waals surface area contributed by atoms with E-state index >= 15 is 0 Å². The highest BCUT2D eigenvalue weighted by Crippen LogP contribution is 2.33. The summed E-state index contributed by atoms with van der Waals surface area (Å²) in [5, 5.41) is 0. The number of isocyanates is 2. The Hall–Kier alpha value is -2.02. The number of nitrogens with zero attached hydrogens (tertiary/aromatic N) is 2. The Morgan fingerprint density at radius 1 is 0.882 bits per heavy atom. The Labute approximate surface area is 100 Å². The summed E-state index contributed by atoms with van der Waals surface area (Å²) in [5.41, 5.74) is 5.50. The van der Waals surface area contributed by atoms with E-state index in [1.54, 1.807) is 6.08 Å².